The van der Waals surface area contributed by atoms with Gasteiger partial charge in [0.1, 0.15) is 6.10 Å². The normalized spacial score (nSPS) is 24.0. The Kier molecular flexibility index (Phi) is 10.7. The summed E-state index contributed by atoms with van der Waals surface area (Å²) in [6, 6.07) is 6.66. The highest BCUT2D eigenvalue weighted by molar-refractivity contribution is 6.30. The number of benzene rings is 1. The summed E-state index contributed by atoms with van der Waals surface area (Å²) in [5, 5.41) is 42.5. The zero-order valence-corrected chi connectivity index (χ0v) is 18.3. The lowest BCUT2D eigenvalue weighted by atomic mass is 9.85. The molecule has 6 N–H and O–H groups in total. The van der Waals surface area contributed by atoms with E-state index in [4.69, 9.17) is 16.8 Å². The van der Waals surface area contributed by atoms with E-state index in [2.05, 4.69) is 5.32 Å². The first kappa shape index (κ1) is 25.5. The SMILES string of the molecule is O=C(CCCCCC[C@@H]1[C@@H](CCC(O)C(=O)Nc2cccc(Cl)c2)[C@H](O)C[C@@H]1O)NO. The second-order valence-electron chi connectivity index (χ2n) is 8.28. The predicted molar refractivity (Wildman–Crippen MR) is 117 cm³/mol. The number of hydrogen-bond donors (Lipinski definition) is 6. The van der Waals surface area contributed by atoms with Crippen LogP contribution in [0.5, 0.6) is 0 Å². The number of carbonyl (C=O) groups is 2. The molecule has 1 saturated carbocycles. The van der Waals surface area contributed by atoms with Crippen molar-refractivity contribution in [3.63, 3.8) is 0 Å². The van der Waals surface area contributed by atoms with E-state index in [1.165, 1.54) is 0 Å². The fraction of sp³-hybridized carbons (Fsp3) is 0.636. The Bertz CT molecular complexity index is 719. The third-order valence-electron chi connectivity index (χ3n) is 6.01. The van der Waals surface area contributed by atoms with E-state index in [9.17, 15) is 24.9 Å². The molecule has 8 nitrogen and oxygen atoms in total. The topological polar surface area (TPSA) is 139 Å². The average molecular weight is 457 g/mol. The Morgan fingerprint density at radius 2 is 1.74 bits per heavy atom. The van der Waals surface area contributed by atoms with Crippen molar-refractivity contribution in [2.24, 2.45) is 11.8 Å². The first-order valence-electron chi connectivity index (χ1n) is 10.9. The van der Waals surface area contributed by atoms with Crippen LogP contribution in [0.3, 0.4) is 0 Å². The number of anilines is 1. The number of rotatable bonds is 12. The van der Waals surface area contributed by atoms with Gasteiger partial charge in [0.05, 0.1) is 12.2 Å². The fourth-order valence-corrected chi connectivity index (χ4v) is 4.52. The van der Waals surface area contributed by atoms with Crippen molar-refractivity contribution in [2.75, 3.05) is 5.32 Å². The summed E-state index contributed by atoms with van der Waals surface area (Å²) in [5.74, 6) is -1.19. The van der Waals surface area contributed by atoms with Crippen molar-refractivity contribution < 1.29 is 30.1 Å². The lowest BCUT2D eigenvalue weighted by molar-refractivity contribution is -0.129. The number of nitrogens with one attached hydrogen (secondary N) is 2. The molecule has 174 valence electrons. The molecule has 1 fully saturated rings. The number of aliphatic hydroxyl groups is 3. The maximum absolute atomic E-state index is 12.2. The van der Waals surface area contributed by atoms with Gasteiger partial charge in [-0.2, -0.15) is 0 Å². The lowest BCUT2D eigenvalue weighted by Gasteiger charge is -2.24. The molecule has 1 unspecified atom stereocenters. The van der Waals surface area contributed by atoms with Crippen molar-refractivity contribution >= 4 is 29.1 Å². The fourth-order valence-electron chi connectivity index (χ4n) is 4.33. The number of carbonyl (C=O) groups excluding carboxylic acids is 2. The third kappa shape index (κ3) is 8.38. The molecule has 0 bridgehead atoms. The molecule has 0 aliphatic heterocycles. The molecule has 1 aromatic rings. The molecular formula is C22H33ClN2O6. The molecule has 1 aliphatic rings. The Morgan fingerprint density at radius 3 is 2.42 bits per heavy atom. The second-order valence-corrected chi connectivity index (χ2v) is 8.72. The number of aliphatic hydroxyl groups excluding tert-OH is 3. The van der Waals surface area contributed by atoms with E-state index < -0.39 is 30.1 Å². The van der Waals surface area contributed by atoms with Gasteiger partial charge in [0, 0.05) is 17.1 Å². The minimum Gasteiger partial charge on any atom is -0.393 e. The molecule has 0 saturated heterocycles. The molecule has 2 amide bonds. The molecule has 1 aromatic carbocycles. The predicted octanol–water partition coefficient (Wildman–Crippen LogP) is 2.62. The summed E-state index contributed by atoms with van der Waals surface area (Å²) in [4.78, 5) is 23.2. The van der Waals surface area contributed by atoms with Crippen molar-refractivity contribution in [3.8, 4) is 0 Å². The quantitative estimate of drug-likeness (QED) is 0.162. The Morgan fingerprint density at radius 1 is 1.06 bits per heavy atom. The van der Waals surface area contributed by atoms with Gasteiger partial charge in [0.2, 0.25) is 5.91 Å². The van der Waals surface area contributed by atoms with Crippen LogP contribution >= 0.6 is 11.6 Å². The van der Waals surface area contributed by atoms with Gasteiger partial charge >= 0.3 is 0 Å². The van der Waals surface area contributed by atoms with Crippen molar-refractivity contribution in [3.05, 3.63) is 29.3 Å². The summed E-state index contributed by atoms with van der Waals surface area (Å²) in [6.45, 7) is 0. The largest absolute Gasteiger partial charge is 0.393 e. The first-order chi connectivity index (χ1) is 14.8. The number of halogens is 1. The molecule has 5 atom stereocenters. The number of unbranched alkanes of at least 4 members (excludes halogenated alkanes) is 3. The van der Waals surface area contributed by atoms with Crippen LogP contribution in [-0.2, 0) is 9.59 Å². The van der Waals surface area contributed by atoms with Gasteiger partial charge in [0.25, 0.3) is 5.91 Å². The van der Waals surface area contributed by atoms with E-state index >= 15 is 0 Å². The zero-order valence-electron chi connectivity index (χ0n) is 17.5. The minimum absolute atomic E-state index is 0.0843. The molecule has 9 heteroatoms. The molecule has 0 radical (unpaired) electrons. The lowest BCUT2D eigenvalue weighted by Crippen LogP contribution is -2.30. The third-order valence-corrected chi connectivity index (χ3v) is 6.24. The molecule has 31 heavy (non-hydrogen) atoms. The number of hydroxylamine groups is 1. The van der Waals surface area contributed by atoms with Crippen LogP contribution in [0, 0.1) is 11.8 Å². The second kappa shape index (κ2) is 13.0. The molecule has 0 heterocycles. The average Bonchev–Trinajstić information content (AvgIpc) is 3.00. The van der Waals surface area contributed by atoms with Gasteiger partial charge in [-0.3, -0.25) is 14.8 Å². The van der Waals surface area contributed by atoms with E-state index in [1.54, 1.807) is 29.7 Å². The number of amides is 2. The van der Waals surface area contributed by atoms with Gasteiger partial charge < -0.3 is 20.6 Å². The maximum atomic E-state index is 12.2. The Hall–Kier alpha value is -1.71. The monoisotopic (exact) mass is 456 g/mol. The maximum Gasteiger partial charge on any atom is 0.253 e. The molecule has 0 aromatic heterocycles. The van der Waals surface area contributed by atoms with Gasteiger partial charge in [-0.25, -0.2) is 5.48 Å². The summed E-state index contributed by atoms with van der Waals surface area (Å²) in [7, 11) is 0. The van der Waals surface area contributed by atoms with Crippen LogP contribution in [0.15, 0.2) is 24.3 Å². The molecular weight excluding hydrogens is 424 g/mol. The van der Waals surface area contributed by atoms with Crippen LogP contribution in [-0.4, -0.2) is 50.7 Å². The van der Waals surface area contributed by atoms with Crippen molar-refractivity contribution in [1.29, 1.82) is 0 Å². The molecule has 2 rings (SSSR count). The summed E-state index contributed by atoms with van der Waals surface area (Å²) >= 11 is 5.90. The Labute approximate surface area is 187 Å². The molecule has 1 aliphatic carbocycles. The van der Waals surface area contributed by atoms with Gasteiger partial charge in [-0.15, -0.1) is 0 Å². The summed E-state index contributed by atoms with van der Waals surface area (Å²) in [6.07, 6.45) is 2.72. The smallest absolute Gasteiger partial charge is 0.253 e. The van der Waals surface area contributed by atoms with Gasteiger partial charge in [-0.1, -0.05) is 36.9 Å². The van der Waals surface area contributed by atoms with Crippen LogP contribution in [0.25, 0.3) is 0 Å². The highest BCUT2D eigenvalue weighted by Crippen LogP contribution is 2.39. The zero-order chi connectivity index (χ0) is 22.8. The molecule has 0 spiro atoms. The van der Waals surface area contributed by atoms with Crippen LogP contribution < -0.4 is 10.8 Å². The van der Waals surface area contributed by atoms with E-state index in [0.29, 0.717) is 30.0 Å². The minimum atomic E-state index is -1.22. The first-order valence-corrected chi connectivity index (χ1v) is 11.2. The summed E-state index contributed by atoms with van der Waals surface area (Å²) < 4.78 is 0. The van der Waals surface area contributed by atoms with E-state index in [0.717, 1.165) is 25.7 Å². The standard InChI is InChI=1S/C22H33ClN2O6/c23-14-6-5-7-15(12-14)24-22(30)18(26)11-10-17-16(19(27)13-20(17)28)8-3-1-2-4-9-21(29)25-31/h5-7,12,16-20,26-28,31H,1-4,8-11,13H2,(H,24,30)(H,25,29)/t16-,17-,18?,19+,20-/m1/s1. The van der Waals surface area contributed by atoms with E-state index in [-0.39, 0.29) is 24.7 Å². The highest BCUT2D eigenvalue weighted by atomic mass is 35.5. The van der Waals surface area contributed by atoms with E-state index in [1.807, 2.05) is 0 Å². The van der Waals surface area contributed by atoms with Crippen molar-refractivity contribution in [2.45, 2.75) is 76.1 Å². The Balaban J connectivity index is 1.76. The van der Waals surface area contributed by atoms with Crippen LogP contribution in [0.2, 0.25) is 5.02 Å². The van der Waals surface area contributed by atoms with Gasteiger partial charge in [-0.05, 0) is 62.1 Å². The van der Waals surface area contributed by atoms with Crippen molar-refractivity contribution in [1.82, 2.24) is 5.48 Å². The summed E-state index contributed by atoms with van der Waals surface area (Å²) in [5.41, 5.74) is 2.11. The number of hydrogen-bond acceptors (Lipinski definition) is 6. The highest BCUT2D eigenvalue weighted by Gasteiger charge is 2.41. The van der Waals surface area contributed by atoms with Gasteiger partial charge in [0.15, 0.2) is 0 Å². The van der Waals surface area contributed by atoms with Crippen LogP contribution in [0.1, 0.15) is 57.8 Å². The van der Waals surface area contributed by atoms with Crippen LogP contribution in [0.4, 0.5) is 5.69 Å².